The smallest absolute Gasteiger partial charge is 0.0933 e. The SMILES string of the molecule is CCCNC(c1ccc(Cl)cn1)c1c(Br)cnn1CCC. The lowest BCUT2D eigenvalue weighted by atomic mass is 10.1. The van der Waals surface area contributed by atoms with E-state index in [1.165, 1.54) is 0 Å². The van der Waals surface area contributed by atoms with Crippen LogP contribution in [0.2, 0.25) is 5.02 Å². The van der Waals surface area contributed by atoms with Crippen LogP contribution in [-0.2, 0) is 6.54 Å². The van der Waals surface area contributed by atoms with Gasteiger partial charge in [-0.05, 0) is 47.4 Å². The fourth-order valence-corrected chi connectivity index (χ4v) is 2.87. The Bertz CT molecular complexity index is 568. The lowest BCUT2D eigenvalue weighted by molar-refractivity contribution is 0.504. The van der Waals surface area contributed by atoms with Crippen LogP contribution in [0.3, 0.4) is 0 Å². The normalized spacial score (nSPS) is 12.6. The summed E-state index contributed by atoms with van der Waals surface area (Å²) in [6.07, 6.45) is 5.63. The Morgan fingerprint density at radius 1 is 1.29 bits per heavy atom. The molecule has 2 heterocycles. The maximum Gasteiger partial charge on any atom is 0.0933 e. The standard InChI is InChI=1S/C15H20BrClN4/c1-3-7-18-14(13-6-5-11(17)9-19-13)15-12(16)10-20-21(15)8-4-2/h5-6,9-10,14,18H,3-4,7-8H2,1-2H3. The van der Waals surface area contributed by atoms with Gasteiger partial charge in [0.05, 0.1) is 33.1 Å². The van der Waals surface area contributed by atoms with Crippen LogP contribution in [0.4, 0.5) is 0 Å². The van der Waals surface area contributed by atoms with Gasteiger partial charge in [-0.1, -0.05) is 25.4 Å². The van der Waals surface area contributed by atoms with E-state index < -0.39 is 0 Å². The molecule has 0 bridgehead atoms. The molecule has 2 aromatic rings. The fraction of sp³-hybridized carbons (Fsp3) is 0.467. The summed E-state index contributed by atoms with van der Waals surface area (Å²) in [7, 11) is 0. The first-order valence-corrected chi connectivity index (χ1v) is 8.40. The average Bonchev–Trinajstić information content (AvgIpc) is 2.83. The van der Waals surface area contributed by atoms with E-state index in [0.29, 0.717) is 5.02 Å². The summed E-state index contributed by atoms with van der Waals surface area (Å²) in [5.41, 5.74) is 2.06. The zero-order valence-corrected chi connectivity index (χ0v) is 14.7. The van der Waals surface area contributed by atoms with Crippen molar-refractivity contribution in [1.82, 2.24) is 20.1 Å². The van der Waals surface area contributed by atoms with Crippen molar-refractivity contribution in [2.24, 2.45) is 0 Å². The van der Waals surface area contributed by atoms with Crippen LogP contribution >= 0.6 is 27.5 Å². The van der Waals surface area contributed by atoms with Crippen molar-refractivity contribution in [3.8, 4) is 0 Å². The van der Waals surface area contributed by atoms with E-state index in [9.17, 15) is 0 Å². The Kier molecular flexibility index (Phi) is 6.21. The molecule has 0 aliphatic rings. The molecule has 1 unspecified atom stereocenters. The molecule has 0 amide bonds. The molecule has 0 fully saturated rings. The van der Waals surface area contributed by atoms with Crippen molar-refractivity contribution in [3.05, 3.63) is 45.4 Å². The Morgan fingerprint density at radius 2 is 2.10 bits per heavy atom. The third-order valence-corrected chi connectivity index (χ3v) is 4.02. The molecule has 114 valence electrons. The quantitative estimate of drug-likeness (QED) is 0.793. The van der Waals surface area contributed by atoms with Gasteiger partial charge < -0.3 is 5.32 Å². The molecule has 0 aromatic carbocycles. The van der Waals surface area contributed by atoms with E-state index in [0.717, 1.165) is 41.8 Å². The number of hydrogen-bond acceptors (Lipinski definition) is 3. The molecule has 0 aliphatic carbocycles. The molecule has 2 aromatic heterocycles. The van der Waals surface area contributed by atoms with Crippen LogP contribution in [0.5, 0.6) is 0 Å². The van der Waals surface area contributed by atoms with E-state index in [1.54, 1.807) is 6.20 Å². The largest absolute Gasteiger partial charge is 0.304 e. The summed E-state index contributed by atoms with van der Waals surface area (Å²) >= 11 is 9.56. The summed E-state index contributed by atoms with van der Waals surface area (Å²) in [6, 6.07) is 3.84. The Balaban J connectivity index is 2.40. The lowest BCUT2D eigenvalue weighted by Crippen LogP contribution is -2.27. The monoisotopic (exact) mass is 370 g/mol. The average molecular weight is 372 g/mol. The minimum absolute atomic E-state index is 0.00522. The highest BCUT2D eigenvalue weighted by atomic mass is 79.9. The van der Waals surface area contributed by atoms with Gasteiger partial charge in [0, 0.05) is 12.7 Å². The van der Waals surface area contributed by atoms with Crippen molar-refractivity contribution in [3.63, 3.8) is 0 Å². The summed E-state index contributed by atoms with van der Waals surface area (Å²) < 4.78 is 3.04. The van der Waals surface area contributed by atoms with Gasteiger partial charge in [0.2, 0.25) is 0 Å². The highest BCUT2D eigenvalue weighted by Gasteiger charge is 2.22. The molecule has 1 atom stereocenters. The fourth-order valence-electron chi connectivity index (χ4n) is 2.24. The molecule has 0 aliphatic heterocycles. The van der Waals surface area contributed by atoms with Gasteiger partial charge in [-0.15, -0.1) is 0 Å². The summed E-state index contributed by atoms with van der Waals surface area (Å²) in [4.78, 5) is 4.47. The van der Waals surface area contributed by atoms with Gasteiger partial charge in [0.1, 0.15) is 0 Å². The molecule has 0 radical (unpaired) electrons. The second-order valence-electron chi connectivity index (χ2n) is 4.89. The number of nitrogens with zero attached hydrogens (tertiary/aromatic N) is 3. The first-order valence-electron chi connectivity index (χ1n) is 7.23. The Morgan fingerprint density at radius 3 is 2.71 bits per heavy atom. The lowest BCUT2D eigenvalue weighted by Gasteiger charge is -2.20. The third kappa shape index (κ3) is 4.05. The summed E-state index contributed by atoms with van der Waals surface area (Å²) in [6.45, 7) is 6.10. The minimum Gasteiger partial charge on any atom is -0.304 e. The van der Waals surface area contributed by atoms with Gasteiger partial charge in [-0.2, -0.15) is 5.10 Å². The number of hydrogen-bond donors (Lipinski definition) is 1. The highest BCUT2D eigenvalue weighted by Crippen LogP contribution is 2.28. The van der Waals surface area contributed by atoms with E-state index >= 15 is 0 Å². The number of nitrogens with one attached hydrogen (secondary N) is 1. The van der Waals surface area contributed by atoms with Crippen LogP contribution in [-0.4, -0.2) is 21.3 Å². The van der Waals surface area contributed by atoms with Gasteiger partial charge in [-0.3, -0.25) is 9.67 Å². The molecular formula is C15H20BrClN4. The minimum atomic E-state index is 0.00522. The molecule has 2 rings (SSSR count). The maximum atomic E-state index is 5.95. The molecule has 0 spiro atoms. The number of halogens is 2. The second kappa shape index (κ2) is 7.92. The number of aromatic nitrogens is 3. The Labute approximate surface area is 139 Å². The predicted molar refractivity (Wildman–Crippen MR) is 89.6 cm³/mol. The van der Waals surface area contributed by atoms with Crippen LogP contribution in [0.25, 0.3) is 0 Å². The number of rotatable bonds is 7. The van der Waals surface area contributed by atoms with E-state index in [1.807, 2.05) is 23.0 Å². The topological polar surface area (TPSA) is 42.7 Å². The predicted octanol–water partition coefficient (Wildman–Crippen LogP) is 4.19. The maximum absolute atomic E-state index is 5.95. The van der Waals surface area contributed by atoms with Crippen LogP contribution in [0.15, 0.2) is 29.0 Å². The van der Waals surface area contributed by atoms with Gasteiger partial charge in [0.15, 0.2) is 0 Å². The van der Waals surface area contributed by atoms with Crippen molar-refractivity contribution in [2.75, 3.05) is 6.54 Å². The van der Waals surface area contributed by atoms with Gasteiger partial charge in [-0.25, -0.2) is 0 Å². The Hall–Kier alpha value is -0.910. The van der Waals surface area contributed by atoms with E-state index in [-0.39, 0.29) is 6.04 Å². The summed E-state index contributed by atoms with van der Waals surface area (Å²) in [5, 5.41) is 8.65. The highest BCUT2D eigenvalue weighted by molar-refractivity contribution is 9.10. The van der Waals surface area contributed by atoms with Crippen LogP contribution < -0.4 is 5.32 Å². The van der Waals surface area contributed by atoms with E-state index in [4.69, 9.17) is 11.6 Å². The molecule has 4 nitrogen and oxygen atoms in total. The van der Waals surface area contributed by atoms with Gasteiger partial charge >= 0.3 is 0 Å². The number of aryl methyl sites for hydroxylation is 1. The molecule has 1 N–H and O–H groups in total. The number of pyridine rings is 1. The third-order valence-electron chi connectivity index (χ3n) is 3.19. The molecule has 0 saturated carbocycles. The van der Waals surface area contributed by atoms with Crippen LogP contribution in [0.1, 0.15) is 44.1 Å². The van der Waals surface area contributed by atoms with Crippen molar-refractivity contribution < 1.29 is 0 Å². The summed E-state index contributed by atoms with van der Waals surface area (Å²) in [5.74, 6) is 0. The van der Waals surface area contributed by atoms with Gasteiger partial charge in [0.25, 0.3) is 0 Å². The molecule has 21 heavy (non-hydrogen) atoms. The molecular weight excluding hydrogens is 352 g/mol. The first kappa shape index (κ1) is 16.5. The van der Waals surface area contributed by atoms with Crippen molar-refractivity contribution in [1.29, 1.82) is 0 Å². The molecule has 6 heteroatoms. The second-order valence-corrected chi connectivity index (χ2v) is 6.18. The van der Waals surface area contributed by atoms with Crippen molar-refractivity contribution in [2.45, 2.75) is 39.3 Å². The van der Waals surface area contributed by atoms with Crippen LogP contribution in [0, 0.1) is 0 Å². The zero-order chi connectivity index (χ0) is 15.2. The first-order chi connectivity index (χ1) is 10.2. The van der Waals surface area contributed by atoms with E-state index in [2.05, 4.69) is 45.2 Å². The molecule has 0 saturated heterocycles. The zero-order valence-electron chi connectivity index (χ0n) is 12.3. The van der Waals surface area contributed by atoms with Crippen molar-refractivity contribution >= 4 is 27.5 Å².